The van der Waals surface area contributed by atoms with Gasteiger partial charge in [0.15, 0.2) is 0 Å². The number of rotatable bonds is 3. The Labute approximate surface area is 141 Å². The monoisotopic (exact) mass is 384 g/mol. The van der Waals surface area contributed by atoms with E-state index in [1.54, 1.807) is 17.0 Å². The lowest BCUT2D eigenvalue weighted by Crippen LogP contribution is -2.31. The van der Waals surface area contributed by atoms with Gasteiger partial charge in [0, 0.05) is 17.4 Å². The van der Waals surface area contributed by atoms with Crippen molar-refractivity contribution in [2.24, 2.45) is 4.99 Å². The van der Waals surface area contributed by atoms with Crippen molar-refractivity contribution < 1.29 is 18.3 Å². The van der Waals surface area contributed by atoms with E-state index in [4.69, 9.17) is 0 Å². The maximum atomic E-state index is 12.4. The predicted octanol–water partition coefficient (Wildman–Crippen LogP) is 4.21. The lowest BCUT2D eigenvalue weighted by molar-refractivity contribution is -0.122. The molecule has 0 atom stereocenters. The van der Waals surface area contributed by atoms with Crippen LogP contribution in [0, 0.1) is 0 Å². The van der Waals surface area contributed by atoms with Gasteiger partial charge in [-0.15, -0.1) is 0 Å². The van der Waals surface area contributed by atoms with Gasteiger partial charge in [-0.3, -0.25) is 9.69 Å². The van der Waals surface area contributed by atoms with Crippen molar-refractivity contribution in [3.05, 3.63) is 33.9 Å². The molecule has 0 bridgehead atoms. The van der Waals surface area contributed by atoms with Gasteiger partial charge < -0.3 is 4.74 Å². The van der Waals surface area contributed by atoms with Crippen LogP contribution in [0.2, 0.25) is 0 Å². The van der Waals surface area contributed by atoms with Crippen molar-refractivity contribution in [3.8, 4) is 5.75 Å². The van der Waals surface area contributed by atoms with Crippen molar-refractivity contribution in [2.45, 2.75) is 32.3 Å². The van der Waals surface area contributed by atoms with Crippen molar-refractivity contribution in [2.75, 3.05) is 6.54 Å². The van der Waals surface area contributed by atoms with E-state index in [-0.39, 0.29) is 11.7 Å². The highest BCUT2D eigenvalue weighted by Gasteiger charge is 2.30. The molecule has 1 fully saturated rings. The third kappa shape index (κ3) is 3.60. The van der Waals surface area contributed by atoms with Gasteiger partial charge in [0.1, 0.15) is 17.3 Å². The van der Waals surface area contributed by atoms with Gasteiger partial charge in [-0.2, -0.15) is 8.78 Å². The Balaban J connectivity index is 1.91. The number of amidine groups is 1. The zero-order valence-corrected chi connectivity index (χ0v) is 13.9. The summed E-state index contributed by atoms with van der Waals surface area (Å²) in [6.45, 7) is -2.20. The number of carbonyl (C=O) groups is 1. The highest BCUT2D eigenvalue weighted by molar-refractivity contribution is 9.10. The topological polar surface area (TPSA) is 41.9 Å². The zero-order valence-electron chi connectivity index (χ0n) is 12.3. The summed E-state index contributed by atoms with van der Waals surface area (Å²) in [5.41, 5.74) is 0.908. The van der Waals surface area contributed by atoms with Gasteiger partial charge in [-0.25, -0.2) is 4.99 Å². The Kier molecular flexibility index (Phi) is 4.75. The van der Waals surface area contributed by atoms with Crippen LogP contribution in [0.25, 0.3) is 6.08 Å². The first-order valence-corrected chi connectivity index (χ1v) is 8.19. The first-order chi connectivity index (χ1) is 11.0. The third-order valence-electron chi connectivity index (χ3n) is 3.79. The van der Waals surface area contributed by atoms with Crippen LogP contribution in [-0.2, 0) is 4.79 Å². The number of hydrogen-bond donors (Lipinski definition) is 0. The van der Waals surface area contributed by atoms with Gasteiger partial charge >= 0.3 is 6.61 Å². The zero-order chi connectivity index (χ0) is 16.4. The molecule has 7 heteroatoms. The molecular formula is C16H15BrF2N2O2. The highest BCUT2D eigenvalue weighted by atomic mass is 79.9. The fourth-order valence-electron chi connectivity index (χ4n) is 2.70. The van der Waals surface area contributed by atoms with E-state index in [0.29, 0.717) is 22.3 Å². The van der Waals surface area contributed by atoms with Crippen LogP contribution in [0.5, 0.6) is 5.75 Å². The smallest absolute Gasteiger partial charge is 0.387 e. The summed E-state index contributed by atoms with van der Waals surface area (Å²) in [6.07, 6.45) is 5.49. The summed E-state index contributed by atoms with van der Waals surface area (Å²) in [6, 6.07) is 4.50. The molecule has 0 spiro atoms. The Hall–Kier alpha value is -1.76. The minimum atomic E-state index is -2.89. The normalized spacial score (nSPS) is 19.8. The lowest BCUT2D eigenvalue weighted by atomic mass is 10.1. The molecule has 0 saturated carbocycles. The van der Waals surface area contributed by atoms with Crippen LogP contribution >= 0.6 is 15.9 Å². The van der Waals surface area contributed by atoms with Gasteiger partial charge in [-0.05, 0) is 42.7 Å². The van der Waals surface area contributed by atoms with Crippen LogP contribution < -0.4 is 4.74 Å². The molecule has 2 aliphatic heterocycles. The van der Waals surface area contributed by atoms with Gasteiger partial charge in [0.2, 0.25) is 0 Å². The SMILES string of the molecule is O=C1C(=Cc2cc(OC(F)F)ccc2Br)N=C2CCCCCN12. The number of amides is 1. The van der Waals surface area contributed by atoms with Crippen LogP contribution in [0.3, 0.4) is 0 Å². The summed E-state index contributed by atoms with van der Waals surface area (Å²) >= 11 is 3.35. The fourth-order valence-corrected chi connectivity index (χ4v) is 3.06. The van der Waals surface area contributed by atoms with Crippen LogP contribution in [0.4, 0.5) is 8.78 Å². The molecule has 122 valence electrons. The maximum Gasteiger partial charge on any atom is 0.387 e. The average molecular weight is 385 g/mol. The fraction of sp³-hybridized carbons (Fsp3) is 0.375. The van der Waals surface area contributed by atoms with E-state index in [0.717, 1.165) is 31.5 Å². The van der Waals surface area contributed by atoms with E-state index in [9.17, 15) is 13.6 Å². The number of aliphatic imine (C=N–C) groups is 1. The number of halogens is 3. The molecule has 4 nitrogen and oxygen atoms in total. The second kappa shape index (κ2) is 6.78. The summed E-state index contributed by atoms with van der Waals surface area (Å²) in [5, 5.41) is 0. The standard InChI is InChI=1S/C16H15BrF2N2O2/c17-12-6-5-11(23-16(18)19)8-10(12)9-13-15(22)21-7-3-1-2-4-14(21)20-13/h5-6,8-9,16H,1-4,7H2. The molecular weight excluding hydrogens is 370 g/mol. The van der Waals surface area contributed by atoms with E-state index < -0.39 is 6.61 Å². The van der Waals surface area contributed by atoms with Gasteiger partial charge in [0.05, 0.1) is 0 Å². The Bertz CT molecular complexity index is 689. The minimum absolute atomic E-state index is 0.0441. The van der Waals surface area contributed by atoms with Crippen molar-refractivity contribution in [3.63, 3.8) is 0 Å². The van der Waals surface area contributed by atoms with Crippen molar-refractivity contribution >= 4 is 33.7 Å². The molecule has 2 aliphatic rings. The molecule has 0 unspecified atom stereocenters. The predicted molar refractivity (Wildman–Crippen MR) is 86.4 cm³/mol. The summed E-state index contributed by atoms with van der Waals surface area (Å²) < 4.78 is 29.7. The van der Waals surface area contributed by atoms with Crippen LogP contribution in [0.15, 0.2) is 33.4 Å². The Morgan fingerprint density at radius 2 is 2.13 bits per heavy atom. The van der Waals surface area contributed by atoms with Gasteiger partial charge in [-0.1, -0.05) is 22.4 Å². The molecule has 1 amide bonds. The number of carbonyl (C=O) groups excluding carboxylic acids is 1. The summed E-state index contributed by atoms with van der Waals surface area (Å²) in [5.74, 6) is 0.714. The van der Waals surface area contributed by atoms with Crippen molar-refractivity contribution in [1.82, 2.24) is 4.90 Å². The van der Waals surface area contributed by atoms with E-state index in [1.165, 1.54) is 12.1 Å². The van der Waals surface area contributed by atoms with Crippen LogP contribution in [-0.4, -0.2) is 29.8 Å². The second-order valence-corrected chi connectivity index (χ2v) is 6.24. The maximum absolute atomic E-state index is 12.4. The third-order valence-corrected chi connectivity index (χ3v) is 4.51. The quantitative estimate of drug-likeness (QED) is 0.732. The Morgan fingerprint density at radius 1 is 1.30 bits per heavy atom. The molecule has 0 aliphatic carbocycles. The molecule has 2 heterocycles. The number of fused-ring (bicyclic) bond motifs is 1. The first-order valence-electron chi connectivity index (χ1n) is 7.40. The molecule has 3 rings (SSSR count). The number of benzene rings is 1. The second-order valence-electron chi connectivity index (χ2n) is 5.39. The molecule has 23 heavy (non-hydrogen) atoms. The van der Waals surface area contributed by atoms with E-state index >= 15 is 0 Å². The molecule has 0 N–H and O–H groups in total. The lowest BCUT2D eigenvalue weighted by Gasteiger charge is -2.14. The number of ether oxygens (including phenoxy) is 1. The number of nitrogens with zero attached hydrogens (tertiary/aromatic N) is 2. The highest BCUT2D eigenvalue weighted by Crippen LogP contribution is 2.29. The van der Waals surface area contributed by atoms with Crippen LogP contribution in [0.1, 0.15) is 31.2 Å². The molecule has 1 aromatic carbocycles. The van der Waals surface area contributed by atoms with E-state index in [2.05, 4.69) is 25.7 Å². The summed E-state index contributed by atoms with van der Waals surface area (Å²) in [7, 11) is 0. The molecule has 0 radical (unpaired) electrons. The minimum Gasteiger partial charge on any atom is -0.435 e. The molecule has 0 aromatic heterocycles. The van der Waals surface area contributed by atoms with Gasteiger partial charge in [0.25, 0.3) is 5.91 Å². The number of hydrogen-bond acceptors (Lipinski definition) is 3. The molecule has 1 aromatic rings. The van der Waals surface area contributed by atoms with E-state index in [1.807, 2.05) is 0 Å². The summed E-state index contributed by atoms with van der Waals surface area (Å²) in [4.78, 5) is 18.6. The average Bonchev–Trinajstić information content (AvgIpc) is 2.67. The molecule has 1 saturated heterocycles. The first kappa shape index (κ1) is 16.1. The largest absolute Gasteiger partial charge is 0.435 e. The number of alkyl halides is 2. The Morgan fingerprint density at radius 3 is 2.91 bits per heavy atom. The van der Waals surface area contributed by atoms with Crippen molar-refractivity contribution in [1.29, 1.82) is 0 Å².